The highest BCUT2D eigenvalue weighted by atomic mass is 16.5. The summed E-state index contributed by atoms with van der Waals surface area (Å²) in [5.41, 5.74) is 2.39. The first-order chi connectivity index (χ1) is 26.7. The van der Waals surface area contributed by atoms with Gasteiger partial charge in [-0.3, -0.25) is 24.2 Å². The van der Waals surface area contributed by atoms with Crippen LogP contribution in [0.2, 0.25) is 0 Å². The number of hydrogen-bond donors (Lipinski definition) is 4. The number of anilines is 4. The van der Waals surface area contributed by atoms with E-state index in [4.69, 9.17) is 4.74 Å². The monoisotopic (exact) mass is 746 g/mol. The molecule has 2 aliphatic rings. The molecule has 0 radical (unpaired) electrons. The van der Waals surface area contributed by atoms with Gasteiger partial charge < -0.3 is 30.3 Å². The summed E-state index contributed by atoms with van der Waals surface area (Å²) in [6, 6.07) is 29.0. The lowest BCUT2D eigenvalue weighted by Crippen LogP contribution is -2.49. The Balaban J connectivity index is 1.35. The summed E-state index contributed by atoms with van der Waals surface area (Å²) in [6.07, 6.45) is 5.12. The number of aliphatic hydroxyl groups is 3. The smallest absolute Gasteiger partial charge is 0.268 e. The predicted molar refractivity (Wildman–Crippen MR) is 212 cm³/mol. The third kappa shape index (κ3) is 8.35. The number of nitrogens with zero attached hydrogens (tertiary/aromatic N) is 3. The molecule has 0 aromatic heterocycles. The van der Waals surface area contributed by atoms with E-state index in [1.807, 2.05) is 73.7 Å². The zero-order valence-electron chi connectivity index (χ0n) is 31.4. The Morgan fingerprint density at radius 2 is 1.65 bits per heavy atom. The first kappa shape index (κ1) is 39.4. The molecule has 3 amide bonds. The van der Waals surface area contributed by atoms with Crippen molar-refractivity contribution >= 4 is 40.5 Å². The maximum atomic E-state index is 14.5. The second-order valence-corrected chi connectivity index (χ2v) is 13.9. The second-order valence-electron chi connectivity index (χ2n) is 13.9. The fraction of sp³-hybridized carbons (Fsp3) is 0.341. The number of unbranched alkanes of at least 4 members (excludes halogenated alkanes) is 1. The fourth-order valence-electron chi connectivity index (χ4n) is 7.41. The molecule has 4 aromatic carbocycles. The normalized spacial score (nSPS) is 18.4. The van der Waals surface area contributed by atoms with Gasteiger partial charge in [0.25, 0.3) is 5.91 Å². The number of rotatable bonds is 17. The lowest BCUT2D eigenvalue weighted by molar-refractivity contribution is -0.138. The van der Waals surface area contributed by atoms with Crippen LogP contribution in [0.15, 0.2) is 109 Å². The van der Waals surface area contributed by atoms with Crippen LogP contribution < -0.4 is 19.9 Å². The topological polar surface area (TPSA) is 143 Å². The quantitative estimate of drug-likeness (QED) is 0.0820. The van der Waals surface area contributed by atoms with Crippen molar-refractivity contribution in [1.82, 2.24) is 10.2 Å². The van der Waals surface area contributed by atoms with E-state index in [-0.39, 0.29) is 38.0 Å². The molecule has 0 aliphatic carbocycles. The van der Waals surface area contributed by atoms with Crippen molar-refractivity contribution in [2.24, 2.45) is 5.92 Å². The molecule has 0 saturated carbocycles. The van der Waals surface area contributed by atoms with Crippen LogP contribution in [-0.4, -0.2) is 76.9 Å². The highest BCUT2D eigenvalue weighted by molar-refractivity contribution is 6.13. The molecule has 2 aliphatic heterocycles. The minimum Gasteiger partial charge on any atom is -0.494 e. The van der Waals surface area contributed by atoms with E-state index in [1.54, 1.807) is 59.2 Å². The molecule has 0 fully saturated rings. The molecule has 0 bridgehead atoms. The summed E-state index contributed by atoms with van der Waals surface area (Å²) in [7, 11) is 0. The van der Waals surface area contributed by atoms with Gasteiger partial charge in [-0.15, -0.1) is 0 Å². The molecule has 3 atom stereocenters. The molecule has 4 aromatic rings. The first-order valence-corrected chi connectivity index (χ1v) is 19.0. The van der Waals surface area contributed by atoms with Crippen LogP contribution in [0.5, 0.6) is 5.75 Å². The molecular formula is C44H50N4O7. The van der Waals surface area contributed by atoms with E-state index in [0.29, 0.717) is 73.0 Å². The van der Waals surface area contributed by atoms with Gasteiger partial charge >= 0.3 is 0 Å². The molecule has 0 saturated heterocycles. The summed E-state index contributed by atoms with van der Waals surface area (Å²) in [5, 5.41) is 35.0. The first-order valence-electron chi connectivity index (χ1n) is 19.0. The Morgan fingerprint density at radius 3 is 2.36 bits per heavy atom. The summed E-state index contributed by atoms with van der Waals surface area (Å²) < 4.78 is 5.80. The molecule has 55 heavy (non-hydrogen) atoms. The van der Waals surface area contributed by atoms with Crippen LogP contribution in [0.4, 0.5) is 22.7 Å². The van der Waals surface area contributed by atoms with Gasteiger partial charge in [-0.2, -0.15) is 0 Å². The van der Waals surface area contributed by atoms with Gasteiger partial charge in [0.1, 0.15) is 5.75 Å². The minimum atomic E-state index is -2.04. The van der Waals surface area contributed by atoms with Crippen molar-refractivity contribution in [2.45, 2.75) is 57.7 Å². The van der Waals surface area contributed by atoms with Crippen molar-refractivity contribution < 1.29 is 34.4 Å². The molecule has 1 unspecified atom stereocenters. The molecule has 11 heteroatoms. The van der Waals surface area contributed by atoms with E-state index < -0.39 is 23.5 Å². The summed E-state index contributed by atoms with van der Waals surface area (Å²) in [4.78, 5) is 46.9. The van der Waals surface area contributed by atoms with E-state index >= 15 is 0 Å². The van der Waals surface area contributed by atoms with Crippen LogP contribution in [-0.2, 0) is 33.0 Å². The van der Waals surface area contributed by atoms with E-state index in [2.05, 4.69) is 5.32 Å². The largest absolute Gasteiger partial charge is 0.494 e. The fourth-order valence-corrected chi connectivity index (χ4v) is 7.41. The summed E-state index contributed by atoms with van der Waals surface area (Å²) >= 11 is 0. The number of nitrogens with one attached hydrogen (secondary N) is 1. The number of hydrogen-bond acceptors (Lipinski definition) is 8. The van der Waals surface area contributed by atoms with Crippen molar-refractivity contribution in [3.8, 4) is 5.75 Å². The number of benzene rings is 4. The van der Waals surface area contributed by atoms with Crippen LogP contribution in [0.3, 0.4) is 0 Å². The number of ether oxygens (including phenoxy) is 1. The average molecular weight is 747 g/mol. The number of amides is 3. The van der Waals surface area contributed by atoms with E-state index in [0.717, 1.165) is 11.1 Å². The van der Waals surface area contributed by atoms with Crippen LogP contribution in [0.1, 0.15) is 49.8 Å². The minimum absolute atomic E-state index is 0.00618. The van der Waals surface area contributed by atoms with Gasteiger partial charge in [-0.25, -0.2) is 0 Å². The maximum Gasteiger partial charge on any atom is 0.268 e. The number of para-hydroxylation sites is 1. The number of fused-ring (bicyclic) bond motifs is 2. The van der Waals surface area contributed by atoms with Crippen molar-refractivity contribution in [1.29, 1.82) is 0 Å². The Labute approximate surface area is 322 Å². The van der Waals surface area contributed by atoms with Crippen LogP contribution in [0, 0.1) is 5.92 Å². The van der Waals surface area contributed by atoms with Crippen molar-refractivity contribution in [2.75, 3.05) is 42.7 Å². The highest BCUT2D eigenvalue weighted by Crippen LogP contribution is 2.50. The lowest BCUT2D eigenvalue weighted by atomic mass is 9.82. The number of carbonyl (C=O) groups is 3. The van der Waals surface area contributed by atoms with Crippen LogP contribution in [0.25, 0.3) is 0 Å². The summed E-state index contributed by atoms with van der Waals surface area (Å²) in [5.74, 6) is -1.01. The molecule has 4 N–H and O–H groups in total. The average Bonchev–Trinajstić information content (AvgIpc) is 3.43. The lowest BCUT2D eigenvalue weighted by Gasteiger charge is -2.35. The Bertz CT molecular complexity index is 1990. The van der Waals surface area contributed by atoms with Gasteiger partial charge in [-0.05, 0) is 92.4 Å². The van der Waals surface area contributed by atoms with Crippen molar-refractivity contribution in [3.05, 3.63) is 126 Å². The zero-order valence-corrected chi connectivity index (χ0v) is 31.4. The molecule has 11 nitrogen and oxygen atoms in total. The molecular weight excluding hydrogens is 697 g/mol. The third-order valence-electron chi connectivity index (χ3n) is 10.3. The standard InChI is InChI=1S/C44H50N4O7/c1-3-55-36-20-22-39-33(27-36)28-38(45-23-10-11-25-49)42(52)47(39)35-19-21-40-37(29-35)44(54,43(53)48(40)34-16-8-5-9-17-34)31(2)13-12-18-41(51)46(24-26-50)30-32-14-6-4-7-15-32/h4-9,12-17,19-22,27,29,31,38,45,49-50,54H,3,10-11,18,23-26,28,30H2,1-2H3/b13-12+/t31-,38?,44+/m1/s1. The van der Waals surface area contributed by atoms with Gasteiger partial charge in [-0.1, -0.05) is 67.6 Å². The molecule has 0 spiro atoms. The number of aliphatic hydroxyl groups excluding tert-OH is 2. The predicted octanol–water partition coefficient (Wildman–Crippen LogP) is 5.51. The maximum absolute atomic E-state index is 14.5. The van der Waals surface area contributed by atoms with Crippen LogP contribution >= 0.6 is 0 Å². The SMILES string of the molecule is CCOc1ccc2c(c1)CC(NCCCCO)C(=O)N2c1ccc2c(c1)[C@@](O)([C@H](C)/C=C/CC(=O)N(CCO)Cc1ccccc1)C(=O)N2c1ccccc1. The molecule has 6 rings (SSSR count). The molecule has 288 valence electrons. The van der Waals surface area contributed by atoms with Gasteiger partial charge in [0.15, 0.2) is 5.60 Å². The number of carbonyl (C=O) groups excluding carboxylic acids is 3. The third-order valence-corrected chi connectivity index (χ3v) is 10.3. The second kappa shape index (κ2) is 17.9. The van der Waals surface area contributed by atoms with Gasteiger partial charge in [0, 0.05) is 49.0 Å². The van der Waals surface area contributed by atoms with Gasteiger partial charge in [0.05, 0.1) is 30.6 Å². The van der Waals surface area contributed by atoms with Gasteiger partial charge in [0.2, 0.25) is 11.8 Å². The molecule has 2 heterocycles. The van der Waals surface area contributed by atoms with E-state index in [9.17, 15) is 29.7 Å². The van der Waals surface area contributed by atoms with Crippen molar-refractivity contribution in [3.63, 3.8) is 0 Å². The Morgan fingerprint density at radius 1 is 0.927 bits per heavy atom. The zero-order chi connectivity index (χ0) is 39.0. The Kier molecular flexibility index (Phi) is 12.8. The van der Waals surface area contributed by atoms with E-state index in [1.165, 1.54) is 4.90 Å². The Hall–Kier alpha value is -5.33. The highest BCUT2D eigenvalue weighted by Gasteiger charge is 2.53. The summed E-state index contributed by atoms with van der Waals surface area (Å²) in [6.45, 7) is 5.11.